The first kappa shape index (κ1) is 18.5. The normalized spacial score (nSPS) is 19.3. The van der Waals surface area contributed by atoms with Crippen LogP contribution in [0.1, 0.15) is 37.2 Å². The zero-order chi connectivity index (χ0) is 20.9. The fourth-order valence-electron chi connectivity index (χ4n) is 4.58. The molecule has 5 heterocycles. The predicted molar refractivity (Wildman–Crippen MR) is 121 cm³/mol. The SMILES string of the molecule is Cn1cc(-c2cc3c(-c4ccc(C5CC5)c(N5CCC[C@H](N)C5)n4)n[nH]c3cn2)cn1. The molecule has 0 amide bonds. The Morgan fingerprint density at radius 3 is 2.81 bits per heavy atom. The second-order valence-electron chi connectivity index (χ2n) is 8.82. The Morgan fingerprint density at radius 1 is 1.13 bits per heavy atom. The molecule has 1 aliphatic carbocycles. The van der Waals surface area contributed by atoms with Gasteiger partial charge in [0.2, 0.25) is 0 Å². The first-order chi connectivity index (χ1) is 15.2. The molecule has 1 saturated carbocycles. The highest BCUT2D eigenvalue weighted by atomic mass is 15.2. The maximum absolute atomic E-state index is 6.28. The van der Waals surface area contributed by atoms with Crippen LogP contribution in [-0.2, 0) is 7.05 Å². The average Bonchev–Trinajstić information content (AvgIpc) is 3.40. The zero-order valence-corrected chi connectivity index (χ0v) is 17.6. The monoisotopic (exact) mass is 414 g/mol. The maximum atomic E-state index is 6.28. The van der Waals surface area contributed by atoms with Gasteiger partial charge in [-0.25, -0.2) is 4.98 Å². The van der Waals surface area contributed by atoms with E-state index >= 15 is 0 Å². The van der Waals surface area contributed by atoms with Crippen LogP contribution >= 0.6 is 0 Å². The molecule has 6 rings (SSSR count). The number of pyridine rings is 2. The number of piperidine rings is 1. The van der Waals surface area contributed by atoms with Crippen molar-refractivity contribution in [3.8, 4) is 22.6 Å². The number of nitrogens with two attached hydrogens (primary N) is 1. The maximum Gasteiger partial charge on any atom is 0.132 e. The molecule has 0 unspecified atom stereocenters. The van der Waals surface area contributed by atoms with Crippen molar-refractivity contribution in [1.82, 2.24) is 29.9 Å². The average molecular weight is 415 g/mol. The van der Waals surface area contributed by atoms with Crippen LogP contribution in [0.3, 0.4) is 0 Å². The molecule has 1 saturated heterocycles. The molecule has 8 heteroatoms. The van der Waals surface area contributed by atoms with Gasteiger partial charge in [-0.3, -0.25) is 14.8 Å². The second-order valence-corrected chi connectivity index (χ2v) is 8.82. The van der Waals surface area contributed by atoms with Gasteiger partial charge in [0.05, 0.1) is 29.3 Å². The number of aryl methyl sites for hydroxylation is 1. The summed E-state index contributed by atoms with van der Waals surface area (Å²) in [5.41, 5.74) is 12.1. The van der Waals surface area contributed by atoms with E-state index < -0.39 is 0 Å². The first-order valence-corrected chi connectivity index (χ1v) is 11.0. The van der Waals surface area contributed by atoms with Crippen LogP contribution in [0.5, 0.6) is 0 Å². The molecule has 0 spiro atoms. The lowest BCUT2D eigenvalue weighted by Crippen LogP contribution is -2.43. The molecule has 4 aromatic rings. The van der Waals surface area contributed by atoms with E-state index in [0.29, 0.717) is 5.92 Å². The summed E-state index contributed by atoms with van der Waals surface area (Å²) in [6.07, 6.45) is 10.3. The lowest BCUT2D eigenvalue weighted by atomic mass is 10.0. The fourth-order valence-corrected chi connectivity index (χ4v) is 4.58. The highest BCUT2D eigenvalue weighted by Crippen LogP contribution is 2.45. The lowest BCUT2D eigenvalue weighted by Gasteiger charge is -2.33. The van der Waals surface area contributed by atoms with Crippen molar-refractivity contribution >= 4 is 16.7 Å². The Labute approximate surface area is 180 Å². The van der Waals surface area contributed by atoms with E-state index in [4.69, 9.17) is 10.7 Å². The predicted octanol–water partition coefficient (Wildman–Crippen LogP) is 3.23. The number of aromatic nitrogens is 6. The molecule has 3 N–H and O–H groups in total. The number of nitrogens with one attached hydrogen (secondary N) is 1. The molecule has 0 aromatic carbocycles. The van der Waals surface area contributed by atoms with Gasteiger partial charge in [-0.1, -0.05) is 6.07 Å². The summed E-state index contributed by atoms with van der Waals surface area (Å²) in [5, 5.41) is 13.0. The number of fused-ring (bicyclic) bond motifs is 1. The first-order valence-electron chi connectivity index (χ1n) is 11.0. The van der Waals surface area contributed by atoms with E-state index in [9.17, 15) is 0 Å². The zero-order valence-electron chi connectivity index (χ0n) is 17.6. The van der Waals surface area contributed by atoms with Crippen molar-refractivity contribution in [3.05, 3.63) is 42.4 Å². The summed E-state index contributed by atoms with van der Waals surface area (Å²) in [5.74, 6) is 1.72. The molecular weight excluding hydrogens is 388 g/mol. The van der Waals surface area contributed by atoms with E-state index in [-0.39, 0.29) is 6.04 Å². The molecule has 1 atom stereocenters. The van der Waals surface area contributed by atoms with Gasteiger partial charge in [-0.15, -0.1) is 0 Å². The molecule has 2 aliphatic rings. The largest absolute Gasteiger partial charge is 0.355 e. The van der Waals surface area contributed by atoms with Gasteiger partial charge < -0.3 is 10.6 Å². The number of anilines is 1. The molecule has 4 aromatic heterocycles. The minimum atomic E-state index is 0.214. The van der Waals surface area contributed by atoms with Gasteiger partial charge in [-0.05, 0) is 49.3 Å². The Kier molecular flexibility index (Phi) is 4.27. The smallest absolute Gasteiger partial charge is 0.132 e. The summed E-state index contributed by atoms with van der Waals surface area (Å²) < 4.78 is 1.78. The van der Waals surface area contributed by atoms with Crippen LogP contribution in [-0.4, -0.2) is 49.1 Å². The van der Waals surface area contributed by atoms with E-state index in [1.165, 1.54) is 18.4 Å². The van der Waals surface area contributed by atoms with Crippen LogP contribution in [0.2, 0.25) is 0 Å². The number of hydrogen-bond donors (Lipinski definition) is 2. The number of rotatable bonds is 4. The van der Waals surface area contributed by atoms with Crippen molar-refractivity contribution in [2.45, 2.75) is 37.6 Å². The molecule has 31 heavy (non-hydrogen) atoms. The third-order valence-electron chi connectivity index (χ3n) is 6.37. The summed E-state index contributed by atoms with van der Waals surface area (Å²) in [6.45, 7) is 1.88. The molecule has 2 fully saturated rings. The van der Waals surface area contributed by atoms with Gasteiger partial charge in [-0.2, -0.15) is 10.2 Å². The van der Waals surface area contributed by atoms with Crippen LogP contribution < -0.4 is 10.6 Å². The molecule has 0 radical (unpaired) electrons. The third-order valence-corrected chi connectivity index (χ3v) is 6.37. The summed E-state index contributed by atoms with van der Waals surface area (Å²) in [6, 6.07) is 6.64. The number of nitrogens with zero attached hydrogens (tertiary/aromatic N) is 6. The molecule has 0 bridgehead atoms. The van der Waals surface area contributed by atoms with Crippen molar-refractivity contribution in [3.63, 3.8) is 0 Å². The van der Waals surface area contributed by atoms with E-state index in [1.54, 1.807) is 4.68 Å². The van der Waals surface area contributed by atoms with Crippen molar-refractivity contribution < 1.29 is 0 Å². The van der Waals surface area contributed by atoms with Crippen LogP contribution in [0.4, 0.5) is 5.82 Å². The van der Waals surface area contributed by atoms with Crippen molar-refractivity contribution in [2.75, 3.05) is 18.0 Å². The highest BCUT2D eigenvalue weighted by molar-refractivity contribution is 5.93. The number of hydrogen-bond acceptors (Lipinski definition) is 6. The summed E-state index contributed by atoms with van der Waals surface area (Å²) in [4.78, 5) is 12.1. The molecular formula is C23H26N8. The standard InChI is InChI=1S/C23H26N8/c1-30-12-15(10-26-30)20-9-18-21(11-25-20)28-29-22(18)19-7-6-17(14-4-5-14)23(27-19)31-8-2-3-16(24)13-31/h6-7,9-12,14,16H,2-5,8,13,24H2,1H3,(H,28,29)/t16-/m0/s1. The number of H-pyrrole nitrogens is 1. The highest BCUT2D eigenvalue weighted by Gasteiger charge is 2.30. The topological polar surface area (TPSA) is 102 Å². The summed E-state index contributed by atoms with van der Waals surface area (Å²) in [7, 11) is 1.91. The van der Waals surface area contributed by atoms with Gasteiger partial charge in [0.1, 0.15) is 11.5 Å². The minimum Gasteiger partial charge on any atom is -0.355 e. The molecule has 8 nitrogen and oxygen atoms in total. The van der Waals surface area contributed by atoms with Gasteiger partial charge in [0.25, 0.3) is 0 Å². The molecule has 1 aliphatic heterocycles. The van der Waals surface area contributed by atoms with E-state index in [1.807, 2.05) is 25.6 Å². The van der Waals surface area contributed by atoms with Crippen LogP contribution in [0.25, 0.3) is 33.5 Å². The van der Waals surface area contributed by atoms with Gasteiger partial charge in [0.15, 0.2) is 0 Å². The van der Waals surface area contributed by atoms with Gasteiger partial charge in [0, 0.05) is 43.3 Å². The Bertz CT molecular complexity index is 1250. The molecule has 158 valence electrons. The summed E-state index contributed by atoms with van der Waals surface area (Å²) >= 11 is 0. The minimum absolute atomic E-state index is 0.214. The Hall–Kier alpha value is -3.26. The Balaban J connectivity index is 1.44. The van der Waals surface area contributed by atoms with E-state index in [2.05, 4.69) is 43.4 Å². The lowest BCUT2D eigenvalue weighted by molar-refractivity contribution is 0.502. The Morgan fingerprint density at radius 2 is 2.03 bits per heavy atom. The quantitative estimate of drug-likeness (QED) is 0.532. The van der Waals surface area contributed by atoms with E-state index in [0.717, 1.165) is 65.3 Å². The van der Waals surface area contributed by atoms with Crippen molar-refractivity contribution in [1.29, 1.82) is 0 Å². The van der Waals surface area contributed by atoms with Gasteiger partial charge >= 0.3 is 0 Å². The van der Waals surface area contributed by atoms with Crippen LogP contribution in [0.15, 0.2) is 36.8 Å². The fraction of sp³-hybridized carbons (Fsp3) is 0.391. The second kappa shape index (κ2) is 7.16. The number of aromatic amines is 1. The third kappa shape index (κ3) is 3.37. The van der Waals surface area contributed by atoms with Crippen LogP contribution in [0, 0.1) is 0 Å². The van der Waals surface area contributed by atoms with Crippen molar-refractivity contribution in [2.24, 2.45) is 12.8 Å².